The summed E-state index contributed by atoms with van der Waals surface area (Å²) in [6.45, 7) is 0.845. The molecule has 4 N–H and O–H groups in total. The lowest BCUT2D eigenvalue weighted by Gasteiger charge is -2.18. The monoisotopic (exact) mass is 250 g/mol. The van der Waals surface area contributed by atoms with E-state index in [1.54, 1.807) is 0 Å². The molecule has 5 nitrogen and oxygen atoms in total. The number of ether oxygens (including phenoxy) is 1. The minimum absolute atomic E-state index is 0.341. The number of nitrogens with two attached hydrogens (primary N) is 1. The molecule has 0 bridgehead atoms. The molecule has 2 rings (SSSR count). The van der Waals surface area contributed by atoms with Crippen LogP contribution in [0.1, 0.15) is 17.5 Å². The van der Waals surface area contributed by atoms with Crippen molar-refractivity contribution in [3.05, 3.63) is 29.3 Å². The Bertz CT molecular complexity index is 434. The number of aryl methyl sites for hydroxylation is 1. The average Bonchev–Trinajstić information content (AvgIpc) is 2.43. The van der Waals surface area contributed by atoms with E-state index in [-0.39, 0.29) is 12.5 Å². The van der Waals surface area contributed by atoms with Gasteiger partial charge in [-0.1, -0.05) is 12.1 Å². The highest BCUT2D eigenvalue weighted by atomic mass is 16.5. The summed E-state index contributed by atoms with van der Waals surface area (Å²) in [4.78, 5) is 11.4. The van der Waals surface area contributed by atoms with Crippen molar-refractivity contribution in [3.8, 4) is 5.75 Å². The van der Waals surface area contributed by atoms with E-state index in [9.17, 15) is 4.79 Å². The van der Waals surface area contributed by atoms with Crippen molar-refractivity contribution < 1.29 is 14.6 Å². The van der Waals surface area contributed by atoms with Crippen LogP contribution in [0, 0.1) is 0 Å². The van der Waals surface area contributed by atoms with Crippen LogP contribution >= 0.6 is 0 Å². The highest BCUT2D eigenvalue weighted by Gasteiger charge is 2.13. The summed E-state index contributed by atoms with van der Waals surface area (Å²) in [5, 5.41) is 11.4. The third-order valence-electron chi connectivity index (χ3n) is 2.97. The molecule has 1 aliphatic heterocycles. The lowest BCUT2D eigenvalue weighted by atomic mass is 10.0. The predicted octanol–water partition coefficient (Wildman–Crippen LogP) is -0.0526. The van der Waals surface area contributed by atoms with Crippen LogP contribution in [0.25, 0.3) is 0 Å². The Hall–Kier alpha value is -1.59. The number of aliphatic hydroxyl groups is 1. The Labute approximate surface area is 106 Å². The van der Waals surface area contributed by atoms with Gasteiger partial charge in [0, 0.05) is 6.54 Å². The van der Waals surface area contributed by atoms with Gasteiger partial charge >= 0.3 is 0 Å². The quantitative estimate of drug-likeness (QED) is 0.699. The van der Waals surface area contributed by atoms with Crippen molar-refractivity contribution >= 4 is 5.91 Å². The summed E-state index contributed by atoms with van der Waals surface area (Å²) in [6, 6.07) is 5.04. The van der Waals surface area contributed by atoms with Gasteiger partial charge < -0.3 is 20.9 Å². The number of hydrogen-bond acceptors (Lipinski definition) is 4. The molecule has 1 aromatic carbocycles. The number of carbonyl (C=O) groups excluding carboxylic acids is 1. The van der Waals surface area contributed by atoms with Crippen LogP contribution in [0.15, 0.2) is 18.2 Å². The first kappa shape index (κ1) is 12.9. The van der Waals surface area contributed by atoms with E-state index in [1.165, 1.54) is 5.56 Å². The number of fused-ring (bicyclic) bond motifs is 1. The third kappa shape index (κ3) is 3.00. The summed E-state index contributed by atoms with van der Waals surface area (Å²) >= 11 is 0. The van der Waals surface area contributed by atoms with Gasteiger partial charge in [0.05, 0.1) is 13.2 Å². The van der Waals surface area contributed by atoms with Crippen molar-refractivity contribution in [2.24, 2.45) is 5.73 Å². The van der Waals surface area contributed by atoms with Gasteiger partial charge in [0.25, 0.3) is 0 Å². The Morgan fingerprint density at radius 2 is 2.39 bits per heavy atom. The maximum absolute atomic E-state index is 11.4. The summed E-state index contributed by atoms with van der Waals surface area (Å²) in [5.41, 5.74) is 7.60. The number of nitrogens with one attached hydrogen (secondary N) is 1. The van der Waals surface area contributed by atoms with E-state index in [0.717, 1.165) is 30.8 Å². The van der Waals surface area contributed by atoms with Crippen molar-refractivity contribution in [1.29, 1.82) is 0 Å². The smallest absolute Gasteiger partial charge is 0.239 e. The molecule has 98 valence electrons. The van der Waals surface area contributed by atoms with Gasteiger partial charge in [-0.15, -0.1) is 0 Å². The zero-order valence-corrected chi connectivity index (χ0v) is 10.2. The highest BCUT2D eigenvalue weighted by Crippen LogP contribution is 2.25. The average molecular weight is 250 g/mol. The van der Waals surface area contributed by atoms with Crippen molar-refractivity contribution in [1.82, 2.24) is 5.32 Å². The van der Waals surface area contributed by atoms with E-state index in [0.29, 0.717) is 6.54 Å². The van der Waals surface area contributed by atoms with Gasteiger partial charge in [-0.3, -0.25) is 4.79 Å². The maximum Gasteiger partial charge on any atom is 0.239 e. The van der Waals surface area contributed by atoms with Crippen LogP contribution in [0.3, 0.4) is 0 Å². The van der Waals surface area contributed by atoms with Gasteiger partial charge in [-0.05, 0) is 30.0 Å². The molecule has 0 spiro atoms. The molecule has 1 amide bonds. The molecule has 0 radical (unpaired) electrons. The Morgan fingerprint density at radius 3 is 3.17 bits per heavy atom. The zero-order chi connectivity index (χ0) is 13.0. The van der Waals surface area contributed by atoms with Crippen LogP contribution in [-0.2, 0) is 17.8 Å². The zero-order valence-electron chi connectivity index (χ0n) is 10.2. The molecule has 0 saturated heterocycles. The molecule has 1 heterocycles. The largest absolute Gasteiger partial charge is 0.493 e. The van der Waals surface area contributed by atoms with Crippen LogP contribution < -0.4 is 15.8 Å². The Kier molecular flexibility index (Phi) is 4.17. The Balaban J connectivity index is 1.96. The number of carbonyl (C=O) groups is 1. The highest BCUT2D eigenvalue weighted by molar-refractivity contribution is 5.81. The van der Waals surface area contributed by atoms with Crippen molar-refractivity contribution in [2.75, 3.05) is 13.2 Å². The molecule has 18 heavy (non-hydrogen) atoms. The summed E-state index contributed by atoms with van der Waals surface area (Å²) in [6.07, 6.45) is 2.03. The molecule has 0 aromatic heterocycles. The second-order valence-corrected chi connectivity index (χ2v) is 4.40. The van der Waals surface area contributed by atoms with Crippen LogP contribution in [-0.4, -0.2) is 30.3 Å². The van der Waals surface area contributed by atoms with Crippen LogP contribution in [0.4, 0.5) is 0 Å². The number of rotatable bonds is 4. The number of benzene rings is 1. The SMILES string of the molecule is NC(CO)C(=O)NCc1ccc2c(c1)CCCO2. The summed E-state index contributed by atoms with van der Waals surface area (Å²) in [7, 11) is 0. The molecule has 0 fully saturated rings. The second-order valence-electron chi connectivity index (χ2n) is 4.40. The lowest BCUT2D eigenvalue weighted by Crippen LogP contribution is -2.42. The predicted molar refractivity (Wildman–Crippen MR) is 67.2 cm³/mol. The van der Waals surface area contributed by atoms with Gasteiger partial charge in [0.2, 0.25) is 5.91 Å². The normalized spacial score (nSPS) is 15.4. The molecular weight excluding hydrogens is 232 g/mol. The number of hydrogen-bond donors (Lipinski definition) is 3. The van der Waals surface area contributed by atoms with Crippen LogP contribution in [0.2, 0.25) is 0 Å². The fourth-order valence-electron chi connectivity index (χ4n) is 1.93. The van der Waals surface area contributed by atoms with Gasteiger partial charge in [-0.25, -0.2) is 0 Å². The van der Waals surface area contributed by atoms with Gasteiger partial charge in [-0.2, -0.15) is 0 Å². The topological polar surface area (TPSA) is 84.6 Å². The third-order valence-corrected chi connectivity index (χ3v) is 2.97. The van der Waals surface area contributed by atoms with Crippen molar-refractivity contribution in [3.63, 3.8) is 0 Å². The fraction of sp³-hybridized carbons (Fsp3) is 0.462. The molecule has 0 saturated carbocycles. The Morgan fingerprint density at radius 1 is 1.56 bits per heavy atom. The van der Waals surface area contributed by atoms with Crippen molar-refractivity contribution in [2.45, 2.75) is 25.4 Å². The van der Waals surface area contributed by atoms with Gasteiger partial charge in [0.1, 0.15) is 11.8 Å². The molecule has 5 heteroatoms. The molecule has 1 atom stereocenters. The summed E-state index contributed by atoms with van der Waals surface area (Å²) < 4.78 is 5.52. The number of aliphatic hydroxyl groups excluding tert-OH is 1. The van der Waals surface area contributed by atoms with Gasteiger partial charge in [0.15, 0.2) is 0 Å². The van der Waals surface area contributed by atoms with E-state index in [2.05, 4.69) is 5.32 Å². The van der Waals surface area contributed by atoms with E-state index < -0.39 is 6.04 Å². The lowest BCUT2D eigenvalue weighted by molar-refractivity contribution is -0.123. The second kappa shape index (κ2) is 5.84. The van der Waals surface area contributed by atoms with E-state index >= 15 is 0 Å². The first-order valence-corrected chi connectivity index (χ1v) is 6.09. The molecule has 1 aromatic rings. The molecular formula is C13H18N2O3. The van der Waals surface area contributed by atoms with E-state index in [4.69, 9.17) is 15.6 Å². The van der Waals surface area contributed by atoms with E-state index in [1.807, 2.05) is 18.2 Å². The fourth-order valence-corrected chi connectivity index (χ4v) is 1.93. The first-order chi connectivity index (χ1) is 8.70. The minimum atomic E-state index is -0.856. The minimum Gasteiger partial charge on any atom is -0.493 e. The first-order valence-electron chi connectivity index (χ1n) is 6.09. The molecule has 0 aliphatic carbocycles. The molecule has 1 unspecified atom stereocenters. The van der Waals surface area contributed by atoms with Crippen LogP contribution in [0.5, 0.6) is 5.75 Å². The summed E-state index contributed by atoms with van der Waals surface area (Å²) in [5.74, 6) is 0.592. The number of amides is 1. The molecule has 1 aliphatic rings. The standard InChI is InChI=1S/C13H18N2O3/c14-11(8-16)13(17)15-7-9-3-4-12-10(6-9)2-1-5-18-12/h3-4,6,11,16H,1-2,5,7-8,14H2,(H,15,17). The maximum atomic E-state index is 11.4.